The monoisotopic (exact) mass is 262 g/mol. The third-order valence-corrected chi connectivity index (χ3v) is 4.96. The Bertz CT molecular complexity index is 426. The SMILES string of the molecule is Cc1ccc(C(C(C)N)N2CCC3CCCCC32)o1. The summed E-state index contributed by atoms with van der Waals surface area (Å²) in [6, 6.07) is 5.27. The molecule has 0 aromatic carbocycles. The molecule has 0 amide bonds. The van der Waals surface area contributed by atoms with Crippen LogP contribution in [-0.4, -0.2) is 23.5 Å². The molecule has 1 aliphatic heterocycles. The van der Waals surface area contributed by atoms with Crippen LogP contribution in [0.25, 0.3) is 0 Å². The van der Waals surface area contributed by atoms with E-state index in [-0.39, 0.29) is 12.1 Å². The van der Waals surface area contributed by atoms with Gasteiger partial charge in [-0.25, -0.2) is 0 Å². The van der Waals surface area contributed by atoms with Crippen LogP contribution in [-0.2, 0) is 0 Å². The van der Waals surface area contributed by atoms with Gasteiger partial charge in [0, 0.05) is 12.1 Å². The minimum absolute atomic E-state index is 0.117. The lowest BCUT2D eigenvalue weighted by atomic mass is 9.84. The smallest absolute Gasteiger partial charge is 0.122 e. The Morgan fingerprint density at radius 2 is 2.05 bits per heavy atom. The lowest BCUT2D eigenvalue weighted by molar-refractivity contribution is 0.104. The standard InChI is InChI=1S/C16H26N2O/c1-11-7-8-15(19-11)16(12(2)17)18-10-9-13-5-3-4-6-14(13)18/h7-8,12-14,16H,3-6,9-10,17H2,1-2H3. The maximum Gasteiger partial charge on any atom is 0.122 e. The van der Waals surface area contributed by atoms with E-state index in [9.17, 15) is 0 Å². The fourth-order valence-electron chi connectivity index (χ4n) is 4.12. The normalized spacial score (nSPS) is 31.1. The highest BCUT2D eigenvalue weighted by atomic mass is 16.3. The fourth-order valence-corrected chi connectivity index (χ4v) is 4.12. The van der Waals surface area contributed by atoms with Crippen LogP contribution in [0.2, 0.25) is 0 Å². The van der Waals surface area contributed by atoms with Crippen LogP contribution in [0.4, 0.5) is 0 Å². The lowest BCUT2D eigenvalue weighted by Gasteiger charge is -2.37. The number of nitrogens with zero attached hydrogens (tertiary/aromatic N) is 1. The highest BCUT2D eigenvalue weighted by molar-refractivity contribution is 5.13. The molecule has 2 fully saturated rings. The summed E-state index contributed by atoms with van der Waals surface area (Å²) in [5, 5.41) is 0. The molecule has 106 valence electrons. The maximum atomic E-state index is 6.28. The number of furan rings is 1. The zero-order chi connectivity index (χ0) is 13.4. The van der Waals surface area contributed by atoms with E-state index in [1.54, 1.807) is 0 Å². The van der Waals surface area contributed by atoms with Crippen molar-refractivity contribution >= 4 is 0 Å². The van der Waals surface area contributed by atoms with E-state index in [2.05, 4.69) is 24.0 Å². The van der Waals surface area contributed by atoms with Crippen molar-refractivity contribution in [3.8, 4) is 0 Å². The van der Waals surface area contributed by atoms with Gasteiger partial charge in [0.2, 0.25) is 0 Å². The first-order valence-corrected chi connectivity index (χ1v) is 7.74. The van der Waals surface area contributed by atoms with E-state index in [1.165, 1.54) is 38.6 Å². The van der Waals surface area contributed by atoms with Crippen molar-refractivity contribution in [1.82, 2.24) is 4.90 Å². The molecule has 0 radical (unpaired) electrons. The van der Waals surface area contributed by atoms with Crippen molar-refractivity contribution in [3.63, 3.8) is 0 Å². The predicted molar refractivity (Wildman–Crippen MR) is 76.9 cm³/mol. The average Bonchev–Trinajstić information content (AvgIpc) is 2.98. The first-order valence-electron chi connectivity index (χ1n) is 7.74. The van der Waals surface area contributed by atoms with E-state index < -0.39 is 0 Å². The van der Waals surface area contributed by atoms with Crippen molar-refractivity contribution in [2.75, 3.05) is 6.54 Å². The summed E-state index contributed by atoms with van der Waals surface area (Å²) in [5.41, 5.74) is 6.28. The first-order chi connectivity index (χ1) is 9.16. The Kier molecular flexibility index (Phi) is 3.68. The van der Waals surface area contributed by atoms with Crippen LogP contribution < -0.4 is 5.73 Å². The van der Waals surface area contributed by atoms with E-state index in [4.69, 9.17) is 10.2 Å². The highest BCUT2D eigenvalue weighted by Crippen LogP contribution is 2.41. The van der Waals surface area contributed by atoms with Crippen LogP contribution in [0, 0.1) is 12.8 Å². The molecule has 3 heteroatoms. The summed E-state index contributed by atoms with van der Waals surface area (Å²) in [6.07, 6.45) is 6.88. The average molecular weight is 262 g/mol. The van der Waals surface area contributed by atoms with Gasteiger partial charge in [0.25, 0.3) is 0 Å². The minimum Gasteiger partial charge on any atom is -0.465 e. The molecule has 2 N–H and O–H groups in total. The molecule has 1 saturated carbocycles. The Balaban J connectivity index is 1.84. The number of hydrogen-bond donors (Lipinski definition) is 1. The molecule has 2 heterocycles. The van der Waals surface area contributed by atoms with Gasteiger partial charge in [0.05, 0.1) is 6.04 Å². The van der Waals surface area contributed by atoms with Gasteiger partial charge < -0.3 is 10.2 Å². The zero-order valence-corrected chi connectivity index (χ0v) is 12.1. The van der Waals surface area contributed by atoms with Crippen molar-refractivity contribution < 1.29 is 4.42 Å². The van der Waals surface area contributed by atoms with Crippen LogP contribution in [0.1, 0.15) is 56.6 Å². The molecule has 2 aliphatic rings. The molecule has 19 heavy (non-hydrogen) atoms. The second-order valence-electron chi connectivity index (χ2n) is 6.39. The van der Waals surface area contributed by atoms with E-state index in [0.717, 1.165) is 23.5 Å². The summed E-state index contributed by atoms with van der Waals surface area (Å²) in [5.74, 6) is 2.94. The molecule has 1 aromatic rings. The van der Waals surface area contributed by atoms with E-state index >= 15 is 0 Å². The molecule has 0 spiro atoms. The summed E-state index contributed by atoms with van der Waals surface area (Å²) >= 11 is 0. The second-order valence-corrected chi connectivity index (χ2v) is 6.39. The van der Waals surface area contributed by atoms with Crippen LogP contribution >= 0.6 is 0 Å². The maximum absolute atomic E-state index is 6.28. The van der Waals surface area contributed by atoms with Crippen LogP contribution in [0.15, 0.2) is 16.5 Å². The van der Waals surface area contributed by atoms with E-state index in [0.29, 0.717) is 0 Å². The topological polar surface area (TPSA) is 42.4 Å². The third kappa shape index (κ3) is 2.46. The van der Waals surface area contributed by atoms with Crippen molar-refractivity contribution in [1.29, 1.82) is 0 Å². The number of rotatable bonds is 3. The molecule has 0 bridgehead atoms. The molecule has 3 nitrogen and oxygen atoms in total. The number of fused-ring (bicyclic) bond motifs is 1. The van der Waals surface area contributed by atoms with Gasteiger partial charge in [0.1, 0.15) is 11.5 Å². The van der Waals surface area contributed by atoms with Gasteiger partial charge in [-0.3, -0.25) is 4.90 Å². The van der Waals surface area contributed by atoms with Gasteiger partial charge in [0.15, 0.2) is 0 Å². The van der Waals surface area contributed by atoms with Gasteiger partial charge >= 0.3 is 0 Å². The molecule has 1 aliphatic carbocycles. The number of aryl methyl sites for hydroxylation is 1. The molecule has 3 rings (SSSR count). The third-order valence-electron chi connectivity index (χ3n) is 4.96. The number of likely N-dealkylation sites (tertiary alicyclic amines) is 1. The molecule has 4 unspecified atom stereocenters. The van der Waals surface area contributed by atoms with Gasteiger partial charge in [-0.1, -0.05) is 12.8 Å². The Morgan fingerprint density at radius 1 is 1.26 bits per heavy atom. The van der Waals surface area contributed by atoms with Gasteiger partial charge in [-0.2, -0.15) is 0 Å². The van der Waals surface area contributed by atoms with Crippen molar-refractivity contribution in [2.24, 2.45) is 11.7 Å². The van der Waals surface area contributed by atoms with Gasteiger partial charge in [-0.15, -0.1) is 0 Å². The Hall–Kier alpha value is -0.800. The summed E-state index contributed by atoms with van der Waals surface area (Å²) in [7, 11) is 0. The van der Waals surface area contributed by atoms with Crippen molar-refractivity contribution in [3.05, 3.63) is 23.7 Å². The predicted octanol–water partition coefficient (Wildman–Crippen LogP) is 3.24. The van der Waals surface area contributed by atoms with Gasteiger partial charge in [-0.05, 0) is 57.7 Å². The number of nitrogens with two attached hydrogens (primary N) is 1. The van der Waals surface area contributed by atoms with Crippen molar-refractivity contribution in [2.45, 2.75) is 64.1 Å². The second kappa shape index (κ2) is 5.29. The zero-order valence-electron chi connectivity index (χ0n) is 12.1. The summed E-state index contributed by atoms with van der Waals surface area (Å²) in [6.45, 7) is 5.30. The van der Waals surface area contributed by atoms with Crippen LogP contribution in [0.5, 0.6) is 0 Å². The molecular weight excluding hydrogens is 236 g/mol. The first kappa shape index (κ1) is 13.2. The lowest BCUT2D eigenvalue weighted by Crippen LogP contribution is -2.44. The Morgan fingerprint density at radius 3 is 2.74 bits per heavy atom. The summed E-state index contributed by atoms with van der Waals surface area (Å²) in [4.78, 5) is 2.63. The summed E-state index contributed by atoms with van der Waals surface area (Å²) < 4.78 is 5.88. The molecule has 4 atom stereocenters. The molecule has 1 aromatic heterocycles. The largest absolute Gasteiger partial charge is 0.465 e. The van der Waals surface area contributed by atoms with Crippen LogP contribution in [0.3, 0.4) is 0 Å². The molecule has 1 saturated heterocycles. The molecular formula is C16H26N2O. The Labute approximate surface area is 116 Å². The fraction of sp³-hybridized carbons (Fsp3) is 0.750. The number of hydrogen-bond acceptors (Lipinski definition) is 3. The van der Waals surface area contributed by atoms with E-state index in [1.807, 2.05) is 6.92 Å². The highest BCUT2D eigenvalue weighted by Gasteiger charge is 2.41. The minimum atomic E-state index is 0.117. The quantitative estimate of drug-likeness (QED) is 0.909.